The van der Waals surface area contributed by atoms with Crippen molar-refractivity contribution in [1.29, 1.82) is 0 Å². The molecule has 1 aromatic heterocycles. The van der Waals surface area contributed by atoms with Crippen molar-refractivity contribution in [3.05, 3.63) is 71.3 Å². The van der Waals surface area contributed by atoms with Gasteiger partial charge in [-0.2, -0.15) is 0 Å². The zero-order valence-electron chi connectivity index (χ0n) is 17.9. The van der Waals surface area contributed by atoms with E-state index in [-0.39, 0.29) is 23.6 Å². The number of hydrazine groups is 2. The predicted molar refractivity (Wildman–Crippen MR) is 117 cm³/mol. The van der Waals surface area contributed by atoms with Crippen molar-refractivity contribution in [2.75, 3.05) is 20.2 Å². The van der Waals surface area contributed by atoms with Gasteiger partial charge in [0.15, 0.2) is 5.69 Å². The number of hydrogen-bond donors (Lipinski definition) is 4. The van der Waals surface area contributed by atoms with Crippen LogP contribution in [-0.2, 0) is 11.2 Å². The van der Waals surface area contributed by atoms with Gasteiger partial charge < -0.3 is 15.4 Å². The lowest BCUT2D eigenvalue weighted by atomic mass is 10.0. The summed E-state index contributed by atoms with van der Waals surface area (Å²) < 4.78 is 5.15. The average molecular weight is 425 g/mol. The van der Waals surface area contributed by atoms with Gasteiger partial charge in [-0.3, -0.25) is 20.0 Å². The number of aromatic nitrogens is 1. The molecule has 0 spiro atoms. The van der Waals surface area contributed by atoms with Crippen LogP contribution in [0.5, 0.6) is 5.75 Å². The Labute approximate surface area is 181 Å². The summed E-state index contributed by atoms with van der Waals surface area (Å²) in [6.07, 6.45) is 4.18. The van der Waals surface area contributed by atoms with Gasteiger partial charge in [0.25, 0.3) is 11.8 Å². The van der Waals surface area contributed by atoms with Gasteiger partial charge in [0.05, 0.1) is 19.7 Å². The zero-order chi connectivity index (χ0) is 22.2. The van der Waals surface area contributed by atoms with Crippen molar-refractivity contribution in [2.45, 2.75) is 26.3 Å². The molecule has 1 aliphatic heterocycles. The second-order valence-electron chi connectivity index (χ2n) is 7.07. The van der Waals surface area contributed by atoms with E-state index >= 15 is 0 Å². The van der Waals surface area contributed by atoms with Gasteiger partial charge in [0.1, 0.15) is 11.4 Å². The Balaban J connectivity index is 1.47. The van der Waals surface area contributed by atoms with E-state index in [1.54, 1.807) is 23.3 Å². The third kappa shape index (κ3) is 5.73. The minimum Gasteiger partial charge on any atom is -0.494 e. The fourth-order valence-corrected chi connectivity index (χ4v) is 3.09. The lowest BCUT2D eigenvalue weighted by molar-refractivity contribution is -0.118. The molecular weight excluding hydrogens is 396 g/mol. The summed E-state index contributed by atoms with van der Waals surface area (Å²) in [5, 5.41) is 7.45. The number of nitrogens with zero attached hydrogens (tertiary/aromatic N) is 2. The van der Waals surface area contributed by atoms with Crippen LogP contribution in [0.3, 0.4) is 0 Å². The molecule has 0 saturated carbocycles. The molecule has 0 radical (unpaired) electrons. The van der Waals surface area contributed by atoms with E-state index in [4.69, 9.17) is 4.74 Å². The van der Waals surface area contributed by atoms with E-state index in [0.717, 1.165) is 12.0 Å². The Bertz CT molecular complexity index is 945. The van der Waals surface area contributed by atoms with Crippen LogP contribution >= 0.6 is 0 Å². The molecule has 164 valence electrons. The Kier molecular flexibility index (Phi) is 7.45. The predicted octanol–water partition coefficient (Wildman–Crippen LogP) is 1.43. The van der Waals surface area contributed by atoms with Crippen LogP contribution in [-0.4, -0.2) is 42.0 Å². The lowest BCUT2D eigenvalue weighted by Gasteiger charge is -2.15. The average Bonchev–Trinajstić information content (AvgIpc) is 3.28. The fourth-order valence-electron chi connectivity index (χ4n) is 3.09. The van der Waals surface area contributed by atoms with Crippen LogP contribution in [0.4, 0.5) is 0 Å². The molecule has 9 nitrogen and oxygen atoms in total. The molecule has 1 aromatic carbocycles. The first-order chi connectivity index (χ1) is 15.0. The number of methoxy groups -OCH3 is 1. The van der Waals surface area contributed by atoms with E-state index in [2.05, 4.69) is 45.6 Å². The van der Waals surface area contributed by atoms with Crippen molar-refractivity contribution >= 4 is 11.8 Å². The molecule has 0 saturated heterocycles. The van der Waals surface area contributed by atoms with E-state index in [9.17, 15) is 9.59 Å². The molecule has 4 N–H and O–H groups in total. The monoisotopic (exact) mass is 424 g/mol. The fraction of sp³-hybridized carbons (Fsp3) is 0.318. The number of pyridine rings is 1. The molecule has 1 atom stereocenters. The Morgan fingerprint density at radius 1 is 1.19 bits per heavy atom. The molecule has 1 aliphatic rings. The molecule has 0 fully saturated rings. The minimum atomic E-state index is -0.325. The zero-order valence-corrected chi connectivity index (χ0v) is 17.9. The Morgan fingerprint density at radius 3 is 2.68 bits per heavy atom. The number of rotatable bonds is 9. The van der Waals surface area contributed by atoms with Crippen LogP contribution < -0.4 is 26.3 Å². The summed E-state index contributed by atoms with van der Waals surface area (Å²) in [6.45, 7) is 4.84. The SMILES string of the molecule is CCc1ccc(C(C)NC(=O)C2=CN(CCNC(=O)c3ncccc3OC)NN2)cc1. The maximum absolute atomic E-state index is 12.5. The van der Waals surface area contributed by atoms with Crippen molar-refractivity contribution in [3.8, 4) is 5.75 Å². The number of aryl methyl sites for hydroxylation is 1. The standard InChI is InChI=1S/C22H28N6O3/c1-4-16-7-9-17(10-8-16)15(2)25-21(29)18-14-28(27-26-18)13-12-24-22(30)20-19(31-3)6-5-11-23-20/h5-11,14-15,26-27H,4,12-13H2,1-3H3,(H,24,30)(H,25,29). The minimum absolute atomic E-state index is 0.122. The first-order valence-corrected chi connectivity index (χ1v) is 10.2. The number of nitrogens with one attached hydrogen (secondary N) is 4. The Morgan fingerprint density at radius 2 is 1.97 bits per heavy atom. The van der Waals surface area contributed by atoms with E-state index < -0.39 is 0 Å². The molecule has 0 bridgehead atoms. The Hall–Kier alpha value is -3.59. The summed E-state index contributed by atoms with van der Waals surface area (Å²) >= 11 is 0. The summed E-state index contributed by atoms with van der Waals surface area (Å²) in [4.78, 5) is 28.9. The maximum Gasteiger partial charge on any atom is 0.273 e. The van der Waals surface area contributed by atoms with Gasteiger partial charge >= 0.3 is 0 Å². The highest BCUT2D eigenvalue weighted by atomic mass is 16.5. The summed E-state index contributed by atoms with van der Waals surface area (Å²) in [6, 6.07) is 11.5. The van der Waals surface area contributed by atoms with Crippen LogP contribution in [0, 0.1) is 0 Å². The molecule has 9 heteroatoms. The van der Waals surface area contributed by atoms with Gasteiger partial charge in [-0.15, -0.1) is 5.53 Å². The molecule has 0 aliphatic carbocycles. The van der Waals surface area contributed by atoms with Crippen molar-refractivity contribution < 1.29 is 14.3 Å². The first-order valence-electron chi connectivity index (χ1n) is 10.2. The van der Waals surface area contributed by atoms with Crippen molar-refractivity contribution in [1.82, 2.24) is 31.6 Å². The number of amides is 2. The molecular formula is C22H28N6O3. The van der Waals surface area contributed by atoms with Gasteiger partial charge in [-0.1, -0.05) is 31.2 Å². The quantitative estimate of drug-likeness (QED) is 0.482. The van der Waals surface area contributed by atoms with Crippen LogP contribution in [0.2, 0.25) is 0 Å². The highest BCUT2D eigenvalue weighted by Gasteiger charge is 2.20. The molecule has 31 heavy (non-hydrogen) atoms. The topological polar surface area (TPSA) is 108 Å². The third-order valence-electron chi connectivity index (χ3n) is 4.94. The number of benzene rings is 1. The summed E-state index contributed by atoms with van der Waals surface area (Å²) in [7, 11) is 1.49. The van der Waals surface area contributed by atoms with Crippen LogP contribution in [0.25, 0.3) is 0 Å². The second-order valence-corrected chi connectivity index (χ2v) is 7.07. The van der Waals surface area contributed by atoms with Crippen LogP contribution in [0.15, 0.2) is 54.5 Å². The van der Waals surface area contributed by atoms with Crippen molar-refractivity contribution in [2.24, 2.45) is 0 Å². The summed E-state index contributed by atoms with van der Waals surface area (Å²) in [5.74, 6) is -0.128. The number of hydrogen-bond acceptors (Lipinski definition) is 7. The summed E-state index contributed by atoms with van der Waals surface area (Å²) in [5.41, 5.74) is 8.67. The first kappa shape index (κ1) is 22.1. The molecule has 2 amide bonds. The van der Waals surface area contributed by atoms with E-state index in [1.165, 1.54) is 18.9 Å². The normalized spacial score (nSPS) is 13.8. The second kappa shape index (κ2) is 10.4. The maximum atomic E-state index is 12.5. The lowest BCUT2D eigenvalue weighted by Crippen LogP contribution is -2.42. The largest absolute Gasteiger partial charge is 0.494 e. The van der Waals surface area contributed by atoms with Crippen molar-refractivity contribution in [3.63, 3.8) is 0 Å². The number of carbonyl (C=O) groups excluding carboxylic acids is 2. The van der Waals surface area contributed by atoms with Gasteiger partial charge in [0.2, 0.25) is 0 Å². The number of ether oxygens (including phenoxy) is 1. The van der Waals surface area contributed by atoms with E-state index in [0.29, 0.717) is 24.5 Å². The van der Waals surface area contributed by atoms with Crippen LogP contribution in [0.1, 0.15) is 41.5 Å². The third-order valence-corrected chi connectivity index (χ3v) is 4.94. The molecule has 2 aromatic rings. The smallest absolute Gasteiger partial charge is 0.273 e. The van der Waals surface area contributed by atoms with Gasteiger partial charge in [0, 0.05) is 18.9 Å². The molecule has 1 unspecified atom stereocenters. The van der Waals surface area contributed by atoms with Gasteiger partial charge in [-0.25, -0.2) is 4.98 Å². The molecule has 2 heterocycles. The van der Waals surface area contributed by atoms with E-state index in [1.807, 2.05) is 19.1 Å². The highest BCUT2D eigenvalue weighted by molar-refractivity contribution is 5.95. The van der Waals surface area contributed by atoms with Gasteiger partial charge in [-0.05, 0) is 36.6 Å². The highest BCUT2D eigenvalue weighted by Crippen LogP contribution is 2.15. The molecule has 3 rings (SSSR count). The number of carbonyl (C=O) groups is 2.